The van der Waals surface area contributed by atoms with Crippen molar-refractivity contribution < 1.29 is 49.8 Å². The van der Waals surface area contributed by atoms with Crippen molar-refractivity contribution in [2.45, 2.75) is 44.2 Å². The van der Waals surface area contributed by atoms with Crippen LogP contribution in [0.4, 0.5) is 40.8 Å². The fraction of sp³-hybridized carbons (Fsp3) is 0.286. The van der Waals surface area contributed by atoms with E-state index >= 15 is 0 Å². The zero-order valence-corrected chi connectivity index (χ0v) is 22.5. The molecule has 2 aliphatic heterocycles. The number of hydrogen-bond donors (Lipinski definition) is 2. The van der Waals surface area contributed by atoms with Gasteiger partial charge in [0.25, 0.3) is 11.8 Å². The maximum absolute atomic E-state index is 13.9. The van der Waals surface area contributed by atoms with Crippen LogP contribution in [0, 0.1) is 11.6 Å². The van der Waals surface area contributed by atoms with Crippen LogP contribution in [0.1, 0.15) is 36.6 Å². The van der Waals surface area contributed by atoms with E-state index < -0.39 is 87.4 Å². The van der Waals surface area contributed by atoms with Crippen molar-refractivity contribution in [2.75, 3.05) is 11.9 Å². The summed E-state index contributed by atoms with van der Waals surface area (Å²) in [4.78, 5) is 34.0. The van der Waals surface area contributed by atoms with Crippen LogP contribution in [-0.2, 0) is 28.5 Å². The molecule has 5 rings (SSSR count). The van der Waals surface area contributed by atoms with Gasteiger partial charge >= 0.3 is 12.4 Å². The van der Waals surface area contributed by atoms with Gasteiger partial charge in [-0.15, -0.1) is 0 Å². The number of nitrogens with one attached hydrogen (secondary N) is 1. The molecule has 0 spiro atoms. The molecular weight excluding hydrogens is 606 g/mol. The molecule has 1 atom stereocenters. The first kappa shape index (κ1) is 30.8. The molecule has 3 heterocycles. The molecule has 0 radical (unpaired) electrons. The van der Waals surface area contributed by atoms with Crippen molar-refractivity contribution in [3.63, 3.8) is 0 Å². The van der Waals surface area contributed by atoms with Crippen LogP contribution in [0.3, 0.4) is 0 Å². The number of fused-ring (bicyclic) bond motifs is 1. The minimum absolute atomic E-state index is 0.0282. The molecule has 0 bridgehead atoms. The van der Waals surface area contributed by atoms with Crippen molar-refractivity contribution in [3.8, 4) is 11.3 Å². The highest BCUT2D eigenvalue weighted by atomic mass is 19.4. The van der Waals surface area contributed by atoms with Gasteiger partial charge in [0.05, 0.1) is 29.0 Å². The third-order valence-electron chi connectivity index (χ3n) is 7.40. The van der Waals surface area contributed by atoms with Gasteiger partial charge in [0.1, 0.15) is 35.0 Å². The fourth-order valence-electron chi connectivity index (χ4n) is 5.31. The predicted octanol–water partition coefficient (Wildman–Crippen LogP) is 6.02. The van der Waals surface area contributed by atoms with Crippen molar-refractivity contribution in [3.05, 3.63) is 88.6 Å². The van der Waals surface area contributed by atoms with Gasteiger partial charge in [-0.05, 0) is 61.7 Å². The monoisotopic (exact) mass is 627 g/mol. The number of hydrazine groups is 1. The Bertz CT molecular complexity index is 1670. The Labute approximate surface area is 243 Å². The molecule has 2 amide bonds. The Morgan fingerprint density at radius 2 is 1.68 bits per heavy atom. The molecule has 44 heavy (non-hydrogen) atoms. The van der Waals surface area contributed by atoms with E-state index in [1.165, 1.54) is 11.9 Å². The third kappa shape index (κ3) is 5.68. The lowest BCUT2D eigenvalue weighted by atomic mass is 9.90. The number of benzene rings is 2. The zero-order valence-electron chi connectivity index (χ0n) is 22.5. The number of amides is 2. The molecule has 1 saturated heterocycles. The normalized spacial score (nSPS) is 19.4. The van der Waals surface area contributed by atoms with Crippen LogP contribution in [0.25, 0.3) is 11.3 Å². The Balaban J connectivity index is 1.56. The quantitative estimate of drug-likeness (QED) is 0.265. The Morgan fingerprint density at radius 3 is 2.32 bits per heavy atom. The van der Waals surface area contributed by atoms with E-state index in [0.29, 0.717) is 37.0 Å². The number of nitrogens with zero attached hydrogens (tertiary/aromatic N) is 4. The topological polar surface area (TPSA) is 98.7 Å². The summed E-state index contributed by atoms with van der Waals surface area (Å²) in [6, 6.07) is 4.79. The van der Waals surface area contributed by atoms with Crippen LogP contribution < -0.4 is 5.32 Å². The average molecular weight is 627 g/mol. The van der Waals surface area contributed by atoms with Crippen LogP contribution in [-0.4, -0.2) is 49.0 Å². The molecular formula is C28H21F8N5O3. The summed E-state index contributed by atoms with van der Waals surface area (Å²) in [6.07, 6.45) is -8.69. The van der Waals surface area contributed by atoms with Crippen LogP contribution >= 0.6 is 0 Å². The van der Waals surface area contributed by atoms with Crippen LogP contribution in [0.5, 0.6) is 0 Å². The fourth-order valence-corrected chi connectivity index (χ4v) is 5.31. The van der Waals surface area contributed by atoms with Crippen LogP contribution in [0.15, 0.2) is 60.1 Å². The van der Waals surface area contributed by atoms with Gasteiger partial charge in [0.15, 0.2) is 0 Å². The highest BCUT2D eigenvalue weighted by Gasteiger charge is 2.52. The van der Waals surface area contributed by atoms with Crippen molar-refractivity contribution in [1.82, 2.24) is 20.0 Å². The lowest BCUT2D eigenvalue weighted by Gasteiger charge is -2.46. The van der Waals surface area contributed by atoms with E-state index in [0.717, 1.165) is 23.2 Å². The van der Waals surface area contributed by atoms with E-state index in [4.69, 9.17) is 0 Å². The minimum Gasteiger partial charge on any atom is -0.509 e. The number of hydrogen-bond acceptors (Lipinski definition) is 6. The maximum Gasteiger partial charge on any atom is 0.433 e. The first-order valence-corrected chi connectivity index (χ1v) is 12.9. The van der Waals surface area contributed by atoms with E-state index in [2.05, 4.69) is 15.3 Å². The molecule has 1 fully saturated rings. The first-order valence-electron chi connectivity index (χ1n) is 12.9. The summed E-state index contributed by atoms with van der Waals surface area (Å²) in [5, 5.41) is 15.9. The molecule has 2 N–H and O–H groups in total. The molecule has 0 aliphatic carbocycles. The third-order valence-corrected chi connectivity index (χ3v) is 7.40. The predicted molar refractivity (Wildman–Crippen MR) is 137 cm³/mol. The molecule has 2 aromatic carbocycles. The largest absolute Gasteiger partial charge is 0.509 e. The summed E-state index contributed by atoms with van der Waals surface area (Å²) in [5.74, 6) is -4.87. The molecule has 0 saturated carbocycles. The smallest absolute Gasteiger partial charge is 0.433 e. The number of aromatic nitrogens is 2. The van der Waals surface area contributed by atoms with Crippen LogP contribution in [0.2, 0.25) is 0 Å². The lowest BCUT2D eigenvalue weighted by Crippen LogP contribution is -2.60. The van der Waals surface area contributed by atoms with E-state index in [9.17, 15) is 49.8 Å². The second-order valence-electron chi connectivity index (χ2n) is 10.4. The van der Waals surface area contributed by atoms with Gasteiger partial charge in [-0.1, -0.05) is 0 Å². The number of aliphatic hydroxyl groups excluding tert-OH is 1. The number of carbonyl (C=O) groups is 2. The number of anilines is 1. The van der Waals surface area contributed by atoms with Crippen molar-refractivity contribution in [2.24, 2.45) is 0 Å². The van der Waals surface area contributed by atoms with Gasteiger partial charge < -0.3 is 10.4 Å². The molecule has 232 valence electrons. The van der Waals surface area contributed by atoms with Gasteiger partial charge in [0.2, 0.25) is 0 Å². The molecule has 3 aromatic rings. The summed E-state index contributed by atoms with van der Waals surface area (Å²) >= 11 is 0. The summed E-state index contributed by atoms with van der Waals surface area (Å²) in [6.45, 7) is 1.36. The van der Waals surface area contributed by atoms with Gasteiger partial charge in [-0.2, -0.15) is 26.3 Å². The number of halogens is 8. The highest BCUT2D eigenvalue weighted by Crippen LogP contribution is 2.42. The van der Waals surface area contributed by atoms with Gasteiger partial charge in [-0.25, -0.2) is 23.8 Å². The Morgan fingerprint density at radius 1 is 1.00 bits per heavy atom. The standard InChI is InChI=1S/C28H21F8N5O3/c1-26-5-2-6-41(26)40(12-14-7-16(29)10-17(30)8-14)25(44)22(23(26)42)24(43)39-19-4-3-15(27(31,32)33)9-18(19)20-11-21(28(34,35)36)38-13-37-20/h3-4,7-11,13,42H,2,5-6,12H2,1H3,(H,39,43). The average Bonchev–Trinajstić information content (AvgIpc) is 3.33. The zero-order chi connectivity index (χ0) is 32.2. The van der Waals surface area contributed by atoms with E-state index in [1.807, 2.05) is 0 Å². The van der Waals surface area contributed by atoms with E-state index in [1.54, 1.807) is 0 Å². The van der Waals surface area contributed by atoms with Gasteiger partial charge in [0, 0.05) is 18.2 Å². The Kier molecular flexibility index (Phi) is 7.60. The Hall–Kier alpha value is -4.60. The first-order chi connectivity index (χ1) is 20.5. The molecule has 8 nitrogen and oxygen atoms in total. The second kappa shape index (κ2) is 10.8. The summed E-state index contributed by atoms with van der Waals surface area (Å²) in [5.41, 5.74) is -6.48. The highest BCUT2D eigenvalue weighted by molar-refractivity contribution is 6.24. The molecule has 1 unspecified atom stereocenters. The minimum atomic E-state index is -4.97. The number of rotatable bonds is 5. The number of carbonyl (C=O) groups excluding carboxylic acids is 2. The molecule has 1 aromatic heterocycles. The second-order valence-corrected chi connectivity index (χ2v) is 10.4. The SMILES string of the molecule is CC12CCCN1N(Cc1cc(F)cc(F)c1)C(=O)C(C(=O)Nc1ccc(C(F)(F)F)cc1-c1cc(C(F)(F)F)ncn1)=C2O. The number of aliphatic hydroxyl groups is 1. The molecule has 2 aliphatic rings. The maximum atomic E-state index is 13.9. The summed E-state index contributed by atoms with van der Waals surface area (Å²) in [7, 11) is 0. The lowest BCUT2D eigenvalue weighted by molar-refractivity contribution is -0.160. The molecule has 16 heteroatoms. The van der Waals surface area contributed by atoms with Crippen molar-refractivity contribution >= 4 is 17.5 Å². The van der Waals surface area contributed by atoms with E-state index in [-0.39, 0.29) is 18.5 Å². The summed E-state index contributed by atoms with van der Waals surface area (Å²) < 4.78 is 108. The number of alkyl halides is 6. The van der Waals surface area contributed by atoms with Crippen molar-refractivity contribution in [1.29, 1.82) is 0 Å². The van der Waals surface area contributed by atoms with Gasteiger partial charge in [-0.3, -0.25) is 14.6 Å².